The second-order valence-electron chi connectivity index (χ2n) is 14.6. The number of carbonyl (C=O) groups is 3. The van der Waals surface area contributed by atoms with E-state index in [0.717, 1.165) is 45.9 Å². The number of ether oxygens (including phenoxy) is 1. The molecule has 0 radical (unpaired) electrons. The summed E-state index contributed by atoms with van der Waals surface area (Å²) in [4.78, 5) is 51.5. The first kappa shape index (κ1) is 37.7. The zero-order valence-electron chi connectivity index (χ0n) is 30.4. The van der Waals surface area contributed by atoms with E-state index in [4.69, 9.17) is 4.74 Å². The van der Waals surface area contributed by atoms with Gasteiger partial charge < -0.3 is 20.1 Å². The van der Waals surface area contributed by atoms with Crippen LogP contribution in [0.5, 0.6) is 5.75 Å². The molecule has 51 heavy (non-hydrogen) atoms. The predicted molar refractivity (Wildman–Crippen MR) is 202 cm³/mol. The number of thiophene rings is 1. The minimum absolute atomic E-state index is 0.102. The van der Waals surface area contributed by atoms with E-state index in [-0.39, 0.29) is 36.1 Å². The Morgan fingerprint density at radius 1 is 0.902 bits per heavy atom. The quantitative estimate of drug-likeness (QED) is 0.120. The van der Waals surface area contributed by atoms with Crippen LogP contribution >= 0.6 is 11.3 Å². The van der Waals surface area contributed by atoms with Crippen LogP contribution in [0, 0.1) is 11.8 Å². The molecule has 0 aliphatic carbocycles. The molecule has 1 saturated heterocycles. The molecule has 2 aromatic heterocycles. The highest BCUT2D eigenvalue weighted by atomic mass is 32.1. The molecule has 1 fully saturated rings. The van der Waals surface area contributed by atoms with Crippen LogP contribution < -0.4 is 10.1 Å². The number of carboxylic acids is 1. The van der Waals surface area contributed by atoms with Gasteiger partial charge in [0.2, 0.25) is 5.91 Å². The van der Waals surface area contributed by atoms with Crippen LogP contribution in [-0.2, 0) is 21.4 Å². The number of amides is 2. The smallest absolute Gasteiger partial charge is 0.308 e. The summed E-state index contributed by atoms with van der Waals surface area (Å²) < 4.78 is 5.90. The molecule has 2 unspecified atom stereocenters. The zero-order valence-corrected chi connectivity index (χ0v) is 31.2. The van der Waals surface area contributed by atoms with E-state index < -0.39 is 17.9 Å². The lowest BCUT2D eigenvalue weighted by molar-refractivity contribution is -0.142. The number of carbonyl (C=O) groups excluding carboxylic acids is 2. The molecule has 0 bridgehead atoms. The molecule has 5 rings (SSSR count). The van der Waals surface area contributed by atoms with Gasteiger partial charge >= 0.3 is 5.97 Å². The highest BCUT2D eigenvalue weighted by Gasteiger charge is 2.39. The van der Waals surface area contributed by atoms with Gasteiger partial charge in [-0.1, -0.05) is 96.7 Å². The van der Waals surface area contributed by atoms with Gasteiger partial charge in [0.05, 0.1) is 17.4 Å². The fourth-order valence-corrected chi connectivity index (χ4v) is 7.24. The third kappa shape index (κ3) is 10.0. The van der Waals surface area contributed by atoms with Gasteiger partial charge in [0.1, 0.15) is 11.8 Å². The number of nitrogens with zero attached hydrogens (tertiary/aromatic N) is 3. The second-order valence-corrected chi connectivity index (χ2v) is 15.7. The number of likely N-dealkylation sites (tertiary alicyclic amines) is 1. The Morgan fingerprint density at radius 2 is 1.57 bits per heavy atom. The predicted octanol–water partition coefficient (Wildman–Crippen LogP) is 8.04. The molecule has 0 saturated carbocycles. The van der Waals surface area contributed by atoms with Crippen LogP contribution in [0.3, 0.4) is 0 Å². The zero-order chi connectivity index (χ0) is 36.5. The number of hydrogen-bond acceptors (Lipinski definition) is 7. The normalized spacial score (nSPS) is 16.5. The number of hydrogen-bond donors (Lipinski definition) is 2. The minimum atomic E-state index is -0.913. The third-order valence-electron chi connectivity index (χ3n) is 9.42. The van der Waals surface area contributed by atoms with Crippen LogP contribution in [0.1, 0.15) is 86.8 Å². The summed E-state index contributed by atoms with van der Waals surface area (Å²) >= 11 is 1.42. The van der Waals surface area contributed by atoms with Crippen molar-refractivity contribution in [2.75, 3.05) is 19.7 Å². The van der Waals surface area contributed by atoms with Gasteiger partial charge in [-0.25, -0.2) is 9.97 Å². The first-order valence-corrected chi connectivity index (χ1v) is 18.8. The van der Waals surface area contributed by atoms with Crippen molar-refractivity contribution in [3.8, 4) is 28.3 Å². The van der Waals surface area contributed by atoms with Gasteiger partial charge in [-0.2, -0.15) is 0 Å². The monoisotopic (exact) mass is 710 g/mol. The van der Waals surface area contributed by atoms with Crippen LogP contribution in [0.2, 0.25) is 0 Å². The summed E-state index contributed by atoms with van der Waals surface area (Å²) in [5, 5.41) is 12.6. The van der Waals surface area contributed by atoms with Crippen molar-refractivity contribution in [3.63, 3.8) is 0 Å². The maximum absolute atomic E-state index is 13.8. The number of benzene rings is 2. The summed E-state index contributed by atoms with van der Waals surface area (Å²) in [6, 6.07) is 18.5. The van der Waals surface area contributed by atoms with E-state index in [1.807, 2.05) is 61.5 Å². The molecule has 2 aromatic carbocycles. The average Bonchev–Trinajstić information content (AvgIpc) is 3.78. The van der Waals surface area contributed by atoms with Gasteiger partial charge in [0, 0.05) is 47.9 Å². The molecule has 2 N–H and O–H groups in total. The van der Waals surface area contributed by atoms with Crippen molar-refractivity contribution in [2.24, 2.45) is 11.8 Å². The van der Waals surface area contributed by atoms with E-state index >= 15 is 0 Å². The Hall–Kier alpha value is -4.57. The second kappa shape index (κ2) is 17.1. The molecular weight excluding hydrogens is 661 g/mol. The Labute approximate surface area is 305 Å². The Balaban J connectivity index is 1.24. The molecule has 10 heteroatoms. The van der Waals surface area contributed by atoms with Crippen molar-refractivity contribution < 1.29 is 24.2 Å². The molecule has 9 nitrogen and oxygen atoms in total. The molecule has 270 valence electrons. The molecule has 3 heterocycles. The van der Waals surface area contributed by atoms with E-state index in [0.29, 0.717) is 17.2 Å². The van der Waals surface area contributed by atoms with Gasteiger partial charge in [-0.15, -0.1) is 11.3 Å². The van der Waals surface area contributed by atoms with Crippen molar-refractivity contribution >= 4 is 29.1 Å². The summed E-state index contributed by atoms with van der Waals surface area (Å²) in [6.45, 7) is 11.5. The molecule has 1 aliphatic heterocycles. The maximum atomic E-state index is 13.8. The largest absolute Gasteiger partial charge is 0.494 e. The first-order valence-electron chi connectivity index (χ1n) is 18.0. The van der Waals surface area contributed by atoms with Crippen molar-refractivity contribution in [2.45, 2.75) is 84.6 Å². The van der Waals surface area contributed by atoms with Crippen LogP contribution in [0.25, 0.3) is 22.5 Å². The SMILES string of the molecule is CCCCCCCOc1ccc(-c2cnc(-c3ccc(C[C@H](NC(=O)c4ccc(C(C)(C)C)s4)C(=O)N4CC(C)C(C(=O)O)C4)cc3)nc2)cc1. The lowest BCUT2D eigenvalue weighted by atomic mass is 9.95. The fraction of sp³-hybridized carbons (Fsp3) is 0.439. The van der Waals surface area contributed by atoms with E-state index in [9.17, 15) is 19.5 Å². The Bertz CT molecular complexity index is 1760. The number of unbranched alkanes of at least 4 members (excludes halogenated alkanes) is 4. The lowest BCUT2D eigenvalue weighted by Gasteiger charge is -2.24. The topological polar surface area (TPSA) is 122 Å². The highest BCUT2D eigenvalue weighted by molar-refractivity contribution is 7.14. The summed E-state index contributed by atoms with van der Waals surface area (Å²) in [5.41, 5.74) is 3.48. The van der Waals surface area contributed by atoms with E-state index in [1.54, 1.807) is 23.4 Å². The third-order valence-corrected chi connectivity index (χ3v) is 10.9. The first-order chi connectivity index (χ1) is 24.4. The number of rotatable bonds is 15. The van der Waals surface area contributed by atoms with Crippen LogP contribution in [-0.4, -0.2) is 63.5 Å². The molecule has 0 spiro atoms. The molecule has 1 aliphatic rings. The average molecular weight is 711 g/mol. The Kier molecular flexibility index (Phi) is 12.6. The Morgan fingerprint density at radius 3 is 2.18 bits per heavy atom. The number of carboxylic acid groups (broad SMARTS) is 1. The maximum Gasteiger partial charge on any atom is 0.308 e. The van der Waals surface area contributed by atoms with Gasteiger partial charge in [-0.3, -0.25) is 14.4 Å². The molecule has 2 amide bonds. The summed E-state index contributed by atoms with van der Waals surface area (Å²) in [6.07, 6.45) is 9.89. The van der Waals surface area contributed by atoms with Crippen LogP contribution in [0.15, 0.2) is 73.1 Å². The van der Waals surface area contributed by atoms with Crippen molar-refractivity contribution in [3.05, 3.63) is 88.4 Å². The van der Waals surface area contributed by atoms with Crippen LogP contribution in [0.4, 0.5) is 0 Å². The van der Waals surface area contributed by atoms with E-state index in [1.165, 1.54) is 37.0 Å². The van der Waals surface area contributed by atoms with Crippen molar-refractivity contribution in [1.29, 1.82) is 0 Å². The van der Waals surface area contributed by atoms with E-state index in [2.05, 4.69) is 43.0 Å². The fourth-order valence-electron chi connectivity index (χ4n) is 6.27. The number of aliphatic carboxylic acids is 1. The van der Waals surface area contributed by atoms with Gasteiger partial charge in [-0.05, 0) is 53.1 Å². The standard InChI is InChI=1S/C41H50N4O5S/c1-6-7-8-9-10-21-50-32-17-15-29(16-18-32)31-23-42-37(43-24-31)30-13-11-28(12-14-30)22-34(39(47)45-25-27(2)33(26-45)40(48)49)44-38(46)35-19-20-36(51-35)41(3,4)5/h11-20,23-24,27,33-34H,6-10,21-22,25-26H2,1-5H3,(H,44,46)(H,48,49)/t27?,33?,34-/m0/s1. The number of aromatic nitrogens is 2. The molecule has 3 atom stereocenters. The summed E-state index contributed by atoms with van der Waals surface area (Å²) in [5.74, 6) is -0.890. The molecule has 4 aromatic rings. The van der Waals surface area contributed by atoms with Crippen molar-refractivity contribution in [1.82, 2.24) is 20.2 Å². The van der Waals surface area contributed by atoms with Gasteiger partial charge in [0.15, 0.2) is 5.82 Å². The van der Waals surface area contributed by atoms with Gasteiger partial charge in [0.25, 0.3) is 5.91 Å². The summed E-state index contributed by atoms with van der Waals surface area (Å²) in [7, 11) is 0. The minimum Gasteiger partial charge on any atom is -0.494 e. The number of nitrogens with one attached hydrogen (secondary N) is 1. The highest BCUT2D eigenvalue weighted by Crippen LogP contribution is 2.30. The molecular formula is C41H50N4O5S. The lowest BCUT2D eigenvalue weighted by Crippen LogP contribution is -2.49.